The summed E-state index contributed by atoms with van der Waals surface area (Å²) >= 11 is 0. The van der Waals surface area contributed by atoms with Crippen LogP contribution in [0.1, 0.15) is 38.2 Å². The van der Waals surface area contributed by atoms with Crippen molar-refractivity contribution in [2.45, 2.75) is 45.1 Å². The lowest BCUT2D eigenvalue weighted by atomic mass is 9.96. The number of ether oxygens (including phenoxy) is 1. The number of hydrogen-bond acceptors (Lipinski definition) is 2. The van der Waals surface area contributed by atoms with E-state index in [1.807, 2.05) is 12.1 Å². The van der Waals surface area contributed by atoms with Crippen LogP contribution >= 0.6 is 0 Å². The summed E-state index contributed by atoms with van der Waals surface area (Å²) in [5, 5.41) is 3.60. The van der Waals surface area contributed by atoms with Crippen LogP contribution in [0.3, 0.4) is 0 Å². The first-order chi connectivity index (χ1) is 9.78. The highest BCUT2D eigenvalue weighted by Gasteiger charge is 2.22. The van der Waals surface area contributed by atoms with Crippen molar-refractivity contribution in [1.29, 1.82) is 0 Å². The molecular formula is C17H26FNO. The van der Waals surface area contributed by atoms with E-state index >= 15 is 0 Å². The Labute approximate surface area is 121 Å². The minimum Gasteiger partial charge on any atom is -0.381 e. The summed E-state index contributed by atoms with van der Waals surface area (Å²) in [5.41, 5.74) is 1.21. The van der Waals surface area contributed by atoms with Gasteiger partial charge in [-0.25, -0.2) is 4.39 Å². The van der Waals surface area contributed by atoms with Gasteiger partial charge in [0.1, 0.15) is 5.82 Å². The molecule has 1 aliphatic carbocycles. The monoisotopic (exact) mass is 279 g/mol. The highest BCUT2D eigenvalue weighted by atomic mass is 19.1. The van der Waals surface area contributed by atoms with E-state index in [-0.39, 0.29) is 5.82 Å². The summed E-state index contributed by atoms with van der Waals surface area (Å²) in [7, 11) is 0. The number of benzene rings is 1. The highest BCUT2D eigenvalue weighted by Crippen LogP contribution is 2.20. The van der Waals surface area contributed by atoms with E-state index in [4.69, 9.17) is 4.74 Å². The fraction of sp³-hybridized carbons (Fsp3) is 0.647. The second-order valence-corrected chi connectivity index (χ2v) is 5.78. The predicted molar refractivity (Wildman–Crippen MR) is 80.3 cm³/mol. The molecule has 0 bridgehead atoms. The molecule has 1 atom stereocenters. The van der Waals surface area contributed by atoms with E-state index in [0.717, 1.165) is 45.1 Å². The van der Waals surface area contributed by atoms with Crippen molar-refractivity contribution in [3.05, 3.63) is 35.6 Å². The Bertz CT molecular complexity index is 375. The molecule has 20 heavy (non-hydrogen) atoms. The lowest BCUT2D eigenvalue weighted by Crippen LogP contribution is -2.27. The zero-order valence-corrected chi connectivity index (χ0v) is 12.4. The third kappa shape index (κ3) is 6.02. The van der Waals surface area contributed by atoms with Crippen molar-refractivity contribution in [2.24, 2.45) is 5.92 Å². The molecule has 3 heteroatoms. The van der Waals surface area contributed by atoms with Crippen molar-refractivity contribution in [3.63, 3.8) is 0 Å². The predicted octanol–water partition coefficient (Wildman–Crippen LogP) is 3.55. The van der Waals surface area contributed by atoms with Gasteiger partial charge in [-0.05, 0) is 62.3 Å². The van der Waals surface area contributed by atoms with E-state index in [9.17, 15) is 4.39 Å². The molecule has 112 valence electrons. The SMILES string of the molecule is CCCOCCC(CNC1CC1)Cc1ccc(F)cc1. The average Bonchev–Trinajstić information content (AvgIpc) is 3.27. The van der Waals surface area contributed by atoms with Gasteiger partial charge in [0.15, 0.2) is 0 Å². The highest BCUT2D eigenvalue weighted by molar-refractivity contribution is 5.16. The molecule has 1 N–H and O–H groups in total. The molecule has 0 saturated heterocycles. The molecule has 1 aromatic carbocycles. The van der Waals surface area contributed by atoms with Gasteiger partial charge in [0.25, 0.3) is 0 Å². The van der Waals surface area contributed by atoms with Crippen LogP contribution in [0.15, 0.2) is 24.3 Å². The Balaban J connectivity index is 1.78. The minimum absolute atomic E-state index is 0.160. The summed E-state index contributed by atoms with van der Waals surface area (Å²) in [6, 6.07) is 7.63. The van der Waals surface area contributed by atoms with Crippen molar-refractivity contribution < 1.29 is 9.13 Å². The molecular weight excluding hydrogens is 253 g/mol. The van der Waals surface area contributed by atoms with Crippen LogP contribution in [0.4, 0.5) is 4.39 Å². The average molecular weight is 279 g/mol. The Kier molecular flexibility index (Phi) is 6.48. The van der Waals surface area contributed by atoms with Crippen molar-refractivity contribution in [2.75, 3.05) is 19.8 Å². The molecule has 0 aromatic heterocycles. The fourth-order valence-corrected chi connectivity index (χ4v) is 2.35. The molecule has 0 spiro atoms. The van der Waals surface area contributed by atoms with Gasteiger partial charge < -0.3 is 10.1 Å². The first kappa shape index (κ1) is 15.5. The second-order valence-electron chi connectivity index (χ2n) is 5.78. The molecule has 1 unspecified atom stereocenters. The third-order valence-corrected chi connectivity index (χ3v) is 3.73. The largest absolute Gasteiger partial charge is 0.381 e. The maximum Gasteiger partial charge on any atom is 0.123 e. The molecule has 2 nitrogen and oxygen atoms in total. The molecule has 1 aromatic rings. The zero-order valence-electron chi connectivity index (χ0n) is 12.4. The lowest BCUT2D eigenvalue weighted by Gasteiger charge is -2.18. The number of nitrogens with one attached hydrogen (secondary N) is 1. The van der Waals surface area contributed by atoms with Crippen molar-refractivity contribution >= 4 is 0 Å². The van der Waals surface area contributed by atoms with E-state index in [2.05, 4.69) is 12.2 Å². The summed E-state index contributed by atoms with van der Waals surface area (Å²) < 4.78 is 18.5. The van der Waals surface area contributed by atoms with Gasteiger partial charge in [-0.2, -0.15) is 0 Å². The van der Waals surface area contributed by atoms with Gasteiger partial charge in [-0.1, -0.05) is 19.1 Å². The molecule has 0 heterocycles. The van der Waals surface area contributed by atoms with Gasteiger partial charge in [-0.3, -0.25) is 0 Å². The van der Waals surface area contributed by atoms with Crippen LogP contribution < -0.4 is 5.32 Å². The number of halogens is 1. The maximum atomic E-state index is 12.9. The van der Waals surface area contributed by atoms with Crippen LogP contribution in [0.5, 0.6) is 0 Å². The first-order valence-electron chi connectivity index (χ1n) is 7.83. The van der Waals surface area contributed by atoms with Crippen LogP contribution in [0, 0.1) is 11.7 Å². The van der Waals surface area contributed by atoms with Gasteiger partial charge in [-0.15, -0.1) is 0 Å². The van der Waals surface area contributed by atoms with Gasteiger partial charge >= 0.3 is 0 Å². The Morgan fingerprint density at radius 1 is 1.25 bits per heavy atom. The number of hydrogen-bond donors (Lipinski definition) is 1. The van der Waals surface area contributed by atoms with Gasteiger partial charge in [0.05, 0.1) is 0 Å². The van der Waals surface area contributed by atoms with E-state index in [1.165, 1.54) is 18.4 Å². The van der Waals surface area contributed by atoms with Gasteiger partial charge in [0.2, 0.25) is 0 Å². The zero-order chi connectivity index (χ0) is 14.2. The molecule has 1 saturated carbocycles. The molecule has 2 rings (SSSR count). The van der Waals surface area contributed by atoms with Crippen molar-refractivity contribution in [1.82, 2.24) is 5.32 Å². The summed E-state index contributed by atoms with van der Waals surface area (Å²) in [4.78, 5) is 0. The maximum absolute atomic E-state index is 12.9. The third-order valence-electron chi connectivity index (χ3n) is 3.73. The Morgan fingerprint density at radius 2 is 2.00 bits per heavy atom. The summed E-state index contributed by atoms with van der Waals surface area (Å²) in [6.07, 6.45) is 5.76. The van der Waals surface area contributed by atoms with Crippen LogP contribution in [0.25, 0.3) is 0 Å². The number of rotatable bonds is 10. The van der Waals surface area contributed by atoms with E-state index in [0.29, 0.717) is 5.92 Å². The van der Waals surface area contributed by atoms with Crippen LogP contribution in [-0.4, -0.2) is 25.8 Å². The summed E-state index contributed by atoms with van der Waals surface area (Å²) in [5.74, 6) is 0.408. The topological polar surface area (TPSA) is 21.3 Å². The molecule has 1 aliphatic rings. The standard InChI is InChI=1S/C17H26FNO/c1-2-10-20-11-9-15(13-19-17-7-8-17)12-14-3-5-16(18)6-4-14/h3-6,15,17,19H,2,7-13H2,1H3. The molecule has 0 radical (unpaired) electrons. The second kappa shape index (κ2) is 8.38. The first-order valence-corrected chi connectivity index (χ1v) is 7.83. The molecule has 0 amide bonds. The molecule has 0 aliphatic heterocycles. The van der Waals surface area contributed by atoms with E-state index in [1.54, 1.807) is 12.1 Å². The minimum atomic E-state index is -0.160. The van der Waals surface area contributed by atoms with E-state index < -0.39 is 0 Å². The van der Waals surface area contributed by atoms with Crippen molar-refractivity contribution in [3.8, 4) is 0 Å². The van der Waals surface area contributed by atoms with Gasteiger partial charge in [0, 0.05) is 19.3 Å². The van der Waals surface area contributed by atoms with Crippen LogP contribution in [-0.2, 0) is 11.2 Å². The van der Waals surface area contributed by atoms with Crippen LogP contribution in [0.2, 0.25) is 0 Å². The quantitative estimate of drug-likeness (QED) is 0.661. The fourth-order valence-electron chi connectivity index (χ4n) is 2.35. The Morgan fingerprint density at radius 3 is 2.65 bits per heavy atom. The smallest absolute Gasteiger partial charge is 0.123 e. The normalized spacial score (nSPS) is 16.3. The lowest BCUT2D eigenvalue weighted by molar-refractivity contribution is 0.120. The summed E-state index contributed by atoms with van der Waals surface area (Å²) in [6.45, 7) is 4.84. The Hall–Kier alpha value is -0.930. The molecule has 1 fully saturated rings.